The van der Waals surface area contributed by atoms with Crippen molar-refractivity contribution in [3.8, 4) is 0 Å². The Balaban J connectivity index is 2.08. The average molecular weight is 319 g/mol. The van der Waals surface area contributed by atoms with E-state index in [0.717, 1.165) is 18.1 Å². The maximum absolute atomic E-state index is 12.8. The van der Waals surface area contributed by atoms with Crippen LogP contribution in [0.25, 0.3) is 0 Å². The second kappa shape index (κ2) is 7.13. The van der Waals surface area contributed by atoms with Gasteiger partial charge in [-0.15, -0.1) is 0 Å². The van der Waals surface area contributed by atoms with E-state index in [-0.39, 0.29) is 11.5 Å². The molecule has 0 heterocycles. The van der Waals surface area contributed by atoms with Gasteiger partial charge in [-0.25, -0.2) is 0 Å². The van der Waals surface area contributed by atoms with Crippen LogP contribution in [0.4, 0.5) is 18.9 Å². The van der Waals surface area contributed by atoms with Crippen molar-refractivity contribution in [2.45, 2.75) is 19.5 Å². The van der Waals surface area contributed by atoms with Gasteiger partial charge in [0.2, 0.25) is 0 Å². The summed E-state index contributed by atoms with van der Waals surface area (Å²) >= 11 is 0. The summed E-state index contributed by atoms with van der Waals surface area (Å²) in [7, 11) is 0. The Morgan fingerprint density at radius 3 is 2.35 bits per heavy atom. The first kappa shape index (κ1) is 16.8. The highest BCUT2D eigenvalue weighted by Crippen LogP contribution is 2.34. The SMILES string of the molecule is CCc1ccc(C(=O)/C=C/Nc2ccccc2C(F)(F)F)cc1. The molecule has 0 radical (unpaired) electrons. The molecule has 0 atom stereocenters. The standard InChI is InChI=1S/C18H16F3NO/c1-2-13-7-9-14(10-8-13)17(23)11-12-22-16-6-4-3-5-15(16)18(19,20)21/h3-12,22H,2H2,1H3/b12-11+. The lowest BCUT2D eigenvalue weighted by Gasteiger charge is -2.11. The van der Waals surface area contributed by atoms with E-state index in [1.54, 1.807) is 12.1 Å². The second-order valence-electron chi connectivity index (χ2n) is 4.94. The van der Waals surface area contributed by atoms with Crippen molar-refractivity contribution >= 4 is 11.5 Å². The normalized spacial score (nSPS) is 11.7. The number of anilines is 1. The lowest BCUT2D eigenvalue weighted by molar-refractivity contribution is -0.136. The van der Waals surface area contributed by atoms with Crippen LogP contribution in [-0.2, 0) is 12.6 Å². The van der Waals surface area contributed by atoms with Crippen molar-refractivity contribution in [3.63, 3.8) is 0 Å². The zero-order chi connectivity index (χ0) is 16.9. The smallest absolute Gasteiger partial charge is 0.361 e. The molecule has 0 bridgehead atoms. The van der Waals surface area contributed by atoms with Gasteiger partial charge in [-0.3, -0.25) is 4.79 Å². The maximum atomic E-state index is 12.8. The fourth-order valence-corrected chi connectivity index (χ4v) is 2.06. The zero-order valence-electron chi connectivity index (χ0n) is 12.5. The topological polar surface area (TPSA) is 29.1 Å². The molecule has 2 nitrogen and oxygen atoms in total. The molecule has 2 aromatic carbocycles. The van der Waals surface area contributed by atoms with Gasteiger partial charge in [-0.2, -0.15) is 13.2 Å². The Kier molecular flexibility index (Phi) is 5.21. The fourth-order valence-electron chi connectivity index (χ4n) is 2.06. The Labute approximate surface area is 132 Å². The molecule has 0 saturated carbocycles. The van der Waals surface area contributed by atoms with Crippen LogP contribution in [0.2, 0.25) is 0 Å². The quantitative estimate of drug-likeness (QED) is 0.615. The molecule has 2 aromatic rings. The Bertz CT molecular complexity index is 703. The number of allylic oxidation sites excluding steroid dienone is 1. The van der Waals surface area contributed by atoms with Crippen LogP contribution in [0.3, 0.4) is 0 Å². The van der Waals surface area contributed by atoms with E-state index in [4.69, 9.17) is 0 Å². The van der Waals surface area contributed by atoms with Gasteiger partial charge in [0.05, 0.1) is 11.3 Å². The van der Waals surface area contributed by atoms with Crippen molar-refractivity contribution in [2.75, 3.05) is 5.32 Å². The third kappa shape index (κ3) is 4.45. The Hall–Kier alpha value is -2.56. The monoisotopic (exact) mass is 319 g/mol. The number of carbonyl (C=O) groups excluding carboxylic acids is 1. The number of ketones is 1. The first-order valence-electron chi connectivity index (χ1n) is 7.14. The van der Waals surface area contributed by atoms with Crippen LogP contribution < -0.4 is 5.32 Å². The van der Waals surface area contributed by atoms with E-state index in [1.165, 1.54) is 30.5 Å². The van der Waals surface area contributed by atoms with Crippen molar-refractivity contribution in [3.05, 3.63) is 77.5 Å². The molecule has 0 aromatic heterocycles. The van der Waals surface area contributed by atoms with Crippen LogP contribution in [0.1, 0.15) is 28.4 Å². The average Bonchev–Trinajstić information content (AvgIpc) is 2.54. The number of halogens is 3. The molecule has 0 fully saturated rings. The van der Waals surface area contributed by atoms with Crippen LogP contribution >= 0.6 is 0 Å². The molecule has 0 amide bonds. The molecular weight excluding hydrogens is 303 g/mol. The van der Waals surface area contributed by atoms with Gasteiger partial charge >= 0.3 is 6.18 Å². The molecule has 23 heavy (non-hydrogen) atoms. The van der Waals surface area contributed by atoms with E-state index < -0.39 is 11.7 Å². The minimum absolute atomic E-state index is 0.0922. The van der Waals surface area contributed by atoms with E-state index in [9.17, 15) is 18.0 Å². The predicted molar refractivity (Wildman–Crippen MR) is 84.4 cm³/mol. The number of para-hydroxylation sites is 1. The van der Waals surface area contributed by atoms with Crippen molar-refractivity contribution in [1.29, 1.82) is 0 Å². The number of alkyl halides is 3. The highest BCUT2D eigenvalue weighted by molar-refractivity contribution is 6.04. The Morgan fingerprint density at radius 2 is 1.74 bits per heavy atom. The number of hydrogen-bond donors (Lipinski definition) is 1. The number of rotatable bonds is 5. The molecule has 1 N–H and O–H groups in total. The van der Waals surface area contributed by atoms with Crippen LogP contribution in [0, 0.1) is 0 Å². The highest BCUT2D eigenvalue weighted by Gasteiger charge is 2.32. The summed E-state index contributed by atoms with van der Waals surface area (Å²) < 4.78 is 38.5. The molecule has 120 valence electrons. The van der Waals surface area contributed by atoms with Gasteiger partial charge in [-0.1, -0.05) is 43.3 Å². The molecule has 0 aliphatic rings. The van der Waals surface area contributed by atoms with Gasteiger partial charge in [0.1, 0.15) is 0 Å². The van der Waals surface area contributed by atoms with Crippen molar-refractivity contribution in [2.24, 2.45) is 0 Å². The molecule has 0 spiro atoms. The van der Waals surface area contributed by atoms with Gasteiger partial charge in [0.15, 0.2) is 5.78 Å². The molecule has 0 saturated heterocycles. The van der Waals surface area contributed by atoms with E-state index in [1.807, 2.05) is 19.1 Å². The summed E-state index contributed by atoms with van der Waals surface area (Å²) in [5.41, 5.74) is 0.738. The summed E-state index contributed by atoms with van der Waals surface area (Å²) in [5, 5.41) is 2.52. The highest BCUT2D eigenvalue weighted by atomic mass is 19.4. The van der Waals surface area contributed by atoms with Crippen LogP contribution in [0.15, 0.2) is 60.8 Å². The number of aryl methyl sites for hydroxylation is 1. The molecule has 5 heteroatoms. The summed E-state index contributed by atoms with van der Waals surface area (Å²) in [6.45, 7) is 2.01. The second-order valence-corrected chi connectivity index (χ2v) is 4.94. The lowest BCUT2D eigenvalue weighted by atomic mass is 10.1. The number of nitrogens with one attached hydrogen (secondary N) is 1. The number of benzene rings is 2. The minimum atomic E-state index is -4.45. The minimum Gasteiger partial charge on any atom is -0.361 e. The molecule has 2 rings (SSSR count). The van der Waals surface area contributed by atoms with Gasteiger partial charge < -0.3 is 5.32 Å². The molecular formula is C18H16F3NO. The van der Waals surface area contributed by atoms with Gasteiger partial charge in [0, 0.05) is 17.8 Å². The fraction of sp³-hybridized carbons (Fsp3) is 0.167. The van der Waals surface area contributed by atoms with Crippen LogP contribution in [0.5, 0.6) is 0 Å². The Morgan fingerprint density at radius 1 is 1.09 bits per heavy atom. The summed E-state index contributed by atoms with van der Waals surface area (Å²) in [5.74, 6) is -0.273. The molecule has 0 aliphatic heterocycles. The van der Waals surface area contributed by atoms with Gasteiger partial charge in [-0.05, 0) is 24.1 Å². The zero-order valence-corrected chi connectivity index (χ0v) is 12.5. The lowest BCUT2D eigenvalue weighted by Crippen LogP contribution is -2.08. The largest absolute Gasteiger partial charge is 0.418 e. The summed E-state index contributed by atoms with van der Waals surface area (Å²) in [6, 6.07) is 12.2. The first-order valence-corrected chi connectivity index (χ1v) is 7.14. The van der Waals surface area contributed by atoms with Crippen molar-refractivity contribution in [1.82, 2.24) is 0 Å². The molecule has 0 unspecified atom stereocenters. The van der Waals surface area contributed by atoms with Gasteiger partial charge in [0.25, 0.3) is 0 Å². The summed E-state index contributed by atoms with van der Waals surface area (Å²) in [4.78, 5) is 12.0. The first-order chi connectivity index (χ1) is 10.9. The van der Waals surface area contributed by atoms with E-state index in [2.05, 4.69) is 5.32 Å². The number of hydrogen-bond acceptors (Lipinski definition) is 2. The number of carbonyl (C=O) groups is 1. The predicted octanol–water partition coefficient (Wildman–Crippen LogP) is 5.08. The van der Waals surface area contributed by atoms with Crippen molar-refractivity contribution < 1.29 is 18.0 Å². The third-order valence-corrected chi connectivity index (χ3v) is 3.35. The third-order valence-electron chi connectivity index (χ3n) is 3.35. The maximum Gasteiger partial charge on any atom is 0.418 e. The van der Waals surface area contributed by atoms with Crippen LogP contribution in [-0.4, -0.2) is 5.78 Å². The summed E-state index contributed by atoms with van der Waals surface area (Å²) in [6.07, 6.45) is -1.13. The van der Waals surface area contributed by atoms with E-state index >= 15 is 0 Å². The van der Waals surface area contributed by atoms with E-state index in [0.29, 0.717) is 5.56 Å². The molecule has 0 aliphatic carbocycles.